The van der Waals surface area contributed by atoms with Crippen molar-refractivity contribution in [3.63, 3.8) is 0 Å². The van der Waals surface area contributed by atoms with Gasteiger partial charge in [0, 0.05) is 6.07 Å². The first-order valence-electron chi connectivity index (χ1n) is 3.96. The van der Waals surface area contributed by atoms with E-state index >= 15 is 0 Å². The Labute approximate surface area is 80.0 Å². The van der Waals surface area contributed by atoms with Gasteiger partial charge in [-0.1, -0.05) is 0 Å². The second-order valence-corrected chi connectivity index (χ2v) is 2.79. The maximum atomic E-state index is 13.0. The molecule has 0 saturated carbocycles. The fraction of sp³-hybridized carbons (Fsp3) is 0.222. The normalized spacial score (nSPS) is 12.2. The molecule has 0 aliphatic carbocycles. The molecule has 0 saturated heterocycles. The maximum absolute atomic E-state index is 13.0. The number of amidine groups is 1. The summed E-state index contributed by atoms with van der Waals surface area (Å²) in [5.41, 5.74) is 5.11. The molecule has 3 nitrogen and oxygen atoms in total. The third kappa shape index (κ3) is 2.42. The first-order chi connectivity index (χ1) is 6.50. The summed E-state index contributed by atoms with van der Waals surface area (Å²) in [7, 11) is 0. The van der Waals surface area contributed by atoms with E-state index < -0.39 is 17.7 Å². The highest BCUT2D eigenvalue weighted by Crippen LogP contribution is 2.19. The quantitative estimate of drug-likeness (QED) is 0.576. The Morgan fingerprint density at radius 2 is 2.14 bits per heavy atom. The van der Waals surface area contributed by atoms with Crippen molar-refractivity contribution in [1.29, 1.82) is 5.41 Å². The molecular formula is C9H10F2N2O. The van der Waals surface area contributed by atoms with Gasteiger partial charge >= 0.3 is 0 Å². The van der Waals surface area contributed by atoms with E-state index in [0.29, 0.717) is 0 Å². The zero-order valence-corrected chi connectivity index (χ0v) is 7.55. The molecule has 1 aromatic carbocycles. The Balaban J connectivity index is 2.85. The fourth-order valence-corrected chi connectivity index (χ4v) is 0.821. The van der Waals surface area contributed by atoms with Crippen molar-refractivity contribution in [2.45, 2.75) is 13.0 Å². The Hall–Kier alpha value is -1.65. The van der Waals surface area contributed by atoms with Gasteiger partial charge in [0.1, 0.15) is 11.7 Å². The second kappa shape index (κ2) is 4.04. The monoisotopic (exact) mass is 200 g/mol. The molecule has 76 valence electrons. The van der Waals surface area contributed by atoms with Crippen molar-refractivity contribution in [3.05, 3.63) is 29.8 Å². The Morgan fingerprint density at radius 1 is 1.50 bits per heavy atom. The van der Waals surface area contributed by atoms with E-state index in [0.717, 1.165) is 18.2 Å². The summed E-state index contributed by atoms with van der Waals surface area (Å²) in [5, 5.41) is 7.01. The predicted octanol–water partition coefficient (Wildman–Crippen LogP) is 1.67. The molecule has 0 fully saturated rings. The molecule has 0 heterocycles. The van der Waals surface area contributed by atoms with Crippen molar-refractivity contribution < 1.29 is 13.5 Å². The lowest BCUT2D eigenvalue weighted by Gasteiger charge is -2.13. The zero-order chi connectivity index (χ0) is 10.7. The van der Waals surface area contributed by atoms with Gasteiger partial charge in [-0.15, -0.1) is 0 Å². The van der Waals surface area contributed by atoms with Crippen LogP contribution in [0.4, 0.5) is 8.78 Å². The summed E-state index contributed by atoms with van der Waals surface area (Å²) in [6.45, 7) is 1.48. The summed E-state index contributed by atoms with van der Waals surface area (Å²) in [6.07, 6.45) is -0.772. The van der Waals surface area contributed by atoms with E-state index in [9.17, 15) is 8.78 Å². The van der Waals surface area contributed by atoms with Gasteiger partial charge in [0.25, 0.3) is 0 Å². The average molecular weight is 200 g/mol. The highest BCUT2D eigenvalue weighted by atomic mass is 19.1. The molecule has 1 unspecified atom stereocenters. The number of hydrogen-bond acceptors (Lipinski definition) is 2. The third-order valence-corrected chi connectivity index (χ3v) is 1.63. The molecule has 0 aromatic heterocycles. The van der Waals surface area contributed by atoms with E-state index in [2.05, 4.69) is 0 Å². The summed E-state index contributed by atoms with van der Waals surface area (Å²) in [5.74, 6) is -1.77. The van der Waals surface area contributed by atoms with E-state index in [1.807, 2.05) is 0 Å². The minimum Gasteiger partial charge on any atom is -0.480 e. The van der Waals surface area contributed by atoms with Gasteiger partial charge in [-0.3, -0.25) is 5.41 Å². The summed E-state index contributed by atoms with van der Waals surface area (Å²) >= 11 is 0. The van der Waals surface area contributed by atoms with Crippen LogP contribution in [-0.2, 0) is 0 Å². The van der Waals surface area contributed by atoms with Crippen LogP contribution in [0.5, 0.6) is 5.75 Å². The molecule has 0 aliphatic heterocycles. The highest BCUT2D eigenvalue weighted by molar-refractivity contribution is 5.81. The van der Waals surface area contributed by atoms with Gasteiger partial charge in [-0.05, 0) is 19.1 Å². The van der Waals surface area contributed by atoms with Crippen molar-refractivity contribution >= 4 is 5.84 Å². The largest absolute Gasteiger partial charge is 0.480 e. The minimum atomic E-state index is -0.772. The van der Waals surface area contributed by atoms with Crippen LogP contribution in [0.25, 0.3) is 0 Å². The van der Waals surface area contributed by atoms with E-state index in [1.54, 1.807) is 0 Å². The number of rotatable bonds is 3. The molecule has 1 atom stereocenters. The number of nitrogens with one attached hydrogen (secondary N) is 1. The number of halogens is 2. The van der Waals surface area contributed by atoms with Gasteiger partial charge < -0.3 is 10.5 Å². The smallest absolute Gasteiger partial charge is 0.165 e. The van der Waals surface area contributed by atoms with Gasteiger partial charge in [0.05, 0.1) is 0 Å². The van der Waals surface area contributed by atoms with Crippen LogP contribution in [0.15, 0.2) is 18.2 Å². The standard InChI is InChI=1S/C9H10F2N2O/c1-5(9(12)13)14-8-4-6(10)2-3-7(8)11/h2-5H,1H3,(H3,12,13). The number of benzene rings is 1. The highest BCUT2D eigenvalue weighted by Gasteiger charge is 2.11. The predicted molar refractivity (Wildman–Crippen MR) is 48.4 cm³/mol. The van der Waals surface area contributed by atoms with Crippen molar-refractivity contribution in [3.8, 4) is 5.75 Å². The second-order valence-electron chi connectivity index (χ2n) is 2.79. The van der Waals surface area contributed by atoms with E-state index in [-0.39, 0.29) is 11.6 Å². The number of ether oxygens (including phenoxy) is 1. The molecular weight excluding hydrogens is 190 g/mol. The fourth-order valence-electron chi connectivity index (χ4n) is 0.821. The Bertz CT molecular complexity index is 355. The van der Waals surface area contributed by atoms with Gasteiger partial charge in [-0.2, -0.15) is 0 Å². The molecule has 0 aliphatic rings. The van der Waals surface area contributed by atoms with Crippen LogP contribution in [-0.4, -0.2) is 11.9 Å². The van der Waals surface area contributed by atoms with Crippen LogP contribution in [0.2, 0.25) is 0 Å². The van der Waals surface area contributed by atoms with Crippen LogP contribution >= 0.6 is 0 Å². The summed E-state index contributed by atoms with van der Waals surface area (Å²) in [4.78, 5) is 0. The molecule has 3 N–H and O–H groups in total. The molecule has 1 rings (SSSR count). The molecule has 0 amide bonds. The van der Waals surface area contributed by atoms with Crippen LogP contribution in [0, 0.1) is 17.0 Å². The molecule has 0 spiro atoms. The zero-order valence-electron chi connectivity index (χ0n) is 7.55. The molecule has 0 bridgehead atoms. The first kappa shape index (κ1) is 10.4. The van der Waals surface area contributed by atoms with Crippen molar-refractivity contribution in [1.82, 2.24) is 0 Å². The van der Waals surface area contributed by atoms with Crippen LogP contribution < -0.4 is 10.5 Å². The van der Waals surface area contributed by atoms with Crippen LogP contribution in [0.1, 0.15) is 6.92 Å². The lowest BCUT2D eigenvalue weighted by atomic mass is 10.3. The first-order valence-corrected chi connectivity index (χ1v) is 3.96. The van der Waals surface area contributed by atoms with E-state index in [4.69, 9.17) is 15.9 Å². The molecule has 5 heteroatoms. The van der Waals surface area contributed by atoms with Gasteiger partial charge in [0.2, 0.25) is 0 Å². The Kier molecular flexibility index (Phi) is 3.01. The average Bonchev–Trinajstić information content (AvgIpc) is 2.11. The SMILES string of the molecule is CC(Oc1cc(F)ccc1F)C(=N)N. The minimum absolute atomic E-state index is 0.242. The lowest BCUT2D eigenvalue weighted by Crippen LogP contribution is -2.30. The summed E-state index contributed by atoms with van der Waals surface area (Å²) < 4.78 is 30.6. The summed E-state index contributed by atoms with van der Waals surface area (Å²) in [6, 6.07) is 2.85. The number of nitrogens with two attached hydrogens (primary N) is 1. The maximum Gasteiger partial charge on any atom is 0.165 e. The molecule has 0 radical (unpaired) electrons. The Morgan fingerprint density at radius 3 is 2.71 bits per heavy atom. The number of hydrogen-bond donors (Lipinski definition) is 2. The van der Waals surface area contributed by atoms with Crippen molar-refractivity contribution in [2.75, 3.05) is 0 Å². The molecule has 1 aromatic rings. The third-order valence-electron chi connectivity index (χ3n) is 1.63. The van der Waals surface area contributed by atoms with Gasteiger partial charge in [0.15, 0.2) is 17.7 Å². The molecule has 14 heavy (non-hydrogen) atoms. The topological polar surface area (TPSA) is 59.1 Å². The van der Waals surface area contributed by atoms with Gasteiger partial charge in [-0.25, -0.2) is 8.78 Å². The van der Waals surface area contributed by atoms with E-state index in [1.165, 1.54) is 6.92 Å². The lowest BCUT2D eigenvalue weighted by molar-refractivity contribution is 0.269. The van der Waals surface area contributed by atoms with Crippen molar-refractivity contribution in [2.24, 2.45) is 5.73 Å². The van der Waals surface area contributed by atoms with Crippen LogP contribution in [0.3, 0.4) is 0 Å².